The monoisotopic (exact) mass is 352 g/mol. The fourth-order valence-electron chi connectivity index (χ4n) is 3.68. The van der Waals surface area contributed by atoms with Crippen LogP contribution in [0.3, 0.4) is 0 Å². The van der Waals surface area contributed by atoms with Crippen molar-refractivity contribution in [3.8, 4) is 6.07 Å². The molecule has 1 aliphatic heterocycles. The highest BCUT2D eigenvalue weighted by molar-refractivity contribution is 5.38. The Morgan fingerprint density at radius 2 is 1.81 bits per heavy atom. The van der Waals surface area contributed by atoms with Gasteiger partial charge in [0.05, 0.1) is 23.5 Å². The number of allylic oxidation sites excluding steroid dienone is 1. The predicted molar refractivity (Wildman–Crippen MR) is 108 cm³/mol. The van der Waals surface area contributed by atoms with Crippen LogP contribution in [0.4, 0.5) is 0 Å². The van der Waals surface area contributed by atoms with Crippen molar-refractivity contribution in [3.63, 3.8) is 0 Å². The molecule has 4 heteroatoms. The van der Waals surface area contributed by atoms with Crippen molar-refractivity contribution in [2.24, 2.45) is 0 Å². The highest BCUT2D eigenvalue weighted by atomic mass is 15.4. The Bertz CT molecular complexity index is 693. The summed E-state index contributed by atoms with van der Waals surface area (Å²) in [6, 6.07) is 8.69. The highest BCUT2D eigenvalue weighted by Crippen LogP contribution is 2.30. The largest absolute Gasteiger partial charge is 0.372 e. The molecule has 0 N–H and O–H groups in total. The minimum absolute atomic E-state index is 0.235. The van der Waals surface area contributed by atoms with E-state index in [-0.39, 0.29) is 6.04 Å². The van der Waals surface area contributed by atoms with Gasteiger partial charge >= 0.3 is 0 Å². The Hall–Kier alpha value is -2.41. The second kappa shape index (κ2) is 8.80. The molecule has 0 saturated carbocycles. The van der Waals surface area contributed by atoms with Gasteiger partial charge in [0.15, 0.2) is 0 Å². The molecule has 0 aliphatic carbocycles. The third-order valence-corrected chi connectivity index (χ3v) is 5.23. The van der Waals surface area contributed by atoms with E-state index in [0.717, 1.165) is 61.7 Å². The van der Waals surface area contributed by atoms with Gasteiger partial charge < -0.3 is 14.7 Å². The number of rotatable bonds is 7. The molecule has 1 fully saturated rings. The molecule has 1 atom stereocenters. The maximum atomic E-state index is 9.32. The average molecular weight is 353 g/mol. The summed E-state index contributed by atoms with van der Waals surface area (Å²) in [5, 5.41) is 9.32. The Balaban J connectivity index is 2.17. The second-order valence-corrected chi connectivity index (χ2v) is 7.29. The SMILES string of the molecule is C=C(C)N1CCN(C(=C)N(C)C(CCC)c2cc(C)cc(C#N)c2)CC1. The van der Waals surface area contributed by atoms with E-state index in [1.54, 1.807) is 0 Å². The summed E-state index contributed by atoms with van der Waals surface area (Å²) in [6.07, 6.45) is 2.12. The van der Waals surface area contributed by atoms with Crippen LogP contribution in [0, 0.1) is 18.3 Å². The third-order valence-electron chi connectivity index (χ3n) is 5.23. The molecular formula is C22H32N4. The Kier molecular flexibility index (Phi) is 6.74. The molecule has 0 bridgehead atoms. The molecule has 1 unspecified atom stereocenters. The fraction of sp³-hybridized carbons (Fsp3) is 0.500. The smallest absolute Gasteiger partial charge is 0.0991 e. The van der Waals surface area contributed by atoms with Crippen LogP contribution in [-0.4, -0.2) is 47.9 Å². The molecule has 140 valence electrons. The first kappa shape index (κ1) is 19.9. The van der Waals surface area contributed by atoms with E-state index in [2.05, 4.69) is 67.8 Å². The molecule has 0 spiro atoms. The number of hydrogen-bond acceptors (Lipinski definition) is 4. The van der Waals surface area contributed by atoms with Crippen molar-refractivity contribution in [1.29, 1.82) is 5.26 Å². The Labute approximate surface area is 159 Å². The van der Waals surface area contributed by atoms with Crippen molar-refractivity contribution in [1.82, 2.24) is 14.7 Å². The quantitative estimate of drug-likeness (QED) is 0.734. The van der Waals surface area contributed by atoms with Gasteiger partial charge in [0.25, 0.3) is 0 Å². The molecule has 2 rings (SSSR count). The minimum Gasteiger partial charge on any atom is -0.372 e. The first-order valence-corrected chi connectivity index (χ1v) is 9.46. The first-order chi connectivity index (χ1) is 12.4. The highest BCUT2D eigenvalue weighted by Gasteiger charge is 2.24. The van der Waals surface area contributed by atoms with Gasteiger partial charge in [-0.15, -0.1) is 0 Å². The maximum Gasteiger partial charge on any atom is 0.0991 e. The molecule has 1 aromatic rings. The summed E-state index contributed by atoms with van der Waals surface area (Å²) in [5.74, 6) is 1.06. The Morgan fingerprint density at radius 1 is 1.19 bits per heavy atom. The molecular weight excluding hydrogens is 320 g/mol. The van der Waals surface area contributed by atoms with Crippen molar-refractivity contribution < 1.29 is 0 Å². The van der Waals surface area contributed by atoms with Crippen molar-refractivity contribution in [2.75, 3.05) is 33.2 Å². The van der Waals surface area contributed by atoms with Gasteiger partial charge in [-0.1, -0.05) is 32.6 Å². The van der Waals surface area contributed by atoms with E-state index < -0.39 is 0 Å². The van der Waals surface area contributed by atoms with Gasteiger partial charge in [-0.2, -0.15) is 5.26 Å². The fourth-order valence-corrected chi connectivity index (χ4v) is 3.68. The summed E-state index contributed by atoms with van der Waals surface area (Å²) in [6.45, 7) is 18.7. The van der Waals surface area contributed by atoms with Crippen LogP contribution >= 0.6 is 0 Å². The van der Waals surface area contributed by atoms with Gasteiger partial charge in [0, 0.05) is 38.9 Å². The number of nitrogens with zero attached hydrogens (tertiary/aromatic N) is 4. The summed E-state index contributed by atoms with van der Waals surface area (Å²) >= 11 is 0. The number of hydrogen-bond donors (Lipinski definition) is 0. The van der Waals surface area contributed by atoms with Gasteiger partial charge in [0.2, 0.25) is 0 Å². The lowest BCUT2D eigenvalue weighted by atomic mass is 9.97. The van der Waals surface area contributed by atoms with Gasteiger partial charge in [-0.25, -0.2) is 0 Å². The van der Waals surface area contributed by atoms with Crippen molar-refractivity contribution in [3.05, 3.63) is 59.6 Å². The van der Waals surface area contributed by atoms with E-state index >= 15 is 0 Å². The van der Waals surface area contributed by atoms with Crippen LogP contribution in [0.5, 0.6) is 0 Å². The zero-order valence-corrected chi connectivity index (χ0v) is 16.8. The number of aryl methyl sites for hydroxylation is 1. The molecule has 26 heavy (non-hydrogen) atoms. The standard InChI is InChI=1S/C22H32N4/c1-7-8-22(21-14-18(4)13-20(15-21)16-23)24(6)19(5)26-11-9-25(10-12-26)17(2)3/h13-15,22H,2,5,7-12H2,1,3-4,6H3. The van der Waals surface area contributed by atoms with Gasteiger partial charge in [-0.05, 0) is 43.5 Å². The van der Waals surface area contributed by atoms with Crippen LogP contribution in [0.1, 0.15) is 49.4 Å². The van der Waals surface area contributed by atoms with Crippen LogP contribution in [0.2, 0.25) is 0 Å². The van der Waals surface area contributed by atoms with E-state index in [1.165, 1.54) is 5.56 Å². The topological polar surface area (TPSA) is 33.5 Å². The minimum atomic E-state index is 0.235. The lowest BCUT2D eigenvalue weighted by Gasteiger charge is -2.43. The molecule has 0 aromatic heterocycles. The van der Waals surface area contributed by atoms with Crippen LogP contribution in [0.25, 0.3) is 0 Å². The normalized spacial score (nSPS) is 15.3. The lowest BCUT2D eigenvalue weighted by Crippen LogP contribution is -2.47. The molecule has 1 aromatic carbocycles. The predicted octanol–water partition coefficient (Wildman–Crippen LogP) is 4.26. The van der Waals surface area contributed by atoms with E-state index in [1.807, 2.05) is 12.1 Å². The zero-order chi connectivity index (χ0) is 19.3. The van der Waals surface area contributed by atoms with Crippen LogP contribution in [0.15, 0.2) is 42.9 Å². The van der Waals surface area contributed by atoms with Crippen molar-refractivity contribution in [2.45, 2.75) is 39.7 Å². The number of piperazine rings is 1. The summed E-state index contributed by atoms with van der Waals surface area (Å²) < 4.78 is 0. The number of nitriles is 1. The van der Waals surface area contributed by atoms with Gasteiger partial charge in [-0.3, -0.25) is 0 Å². The van der Waals surface area contributed by atoms with Crippen LogP contribution in [-0.2, 0) is 0 Å². The van der Waals surface area contributed by atoms with Gasteiger partial charge in [0.1, 0.15) is 0 Å². The third kappa shape index (κ3) is 4.60. The summed E-state index contributed by atoms with van der Waals surface area (Å²) in [7, 11) is 2.13. The van der Waals surface area contributed by atoms with E-state index in [0.29, 0.717) is 0 Å². The first-order valence-electron chi connectivity index (χ1n) is 9.46. The molecule has 0 radical (unpaired) electrons. The molecule has 1 saturated heterocycles. The summed E-state index contributed by atoms with van der Waals surface area (Å²) in [5.41, 5.74) is 4.20. The zero-order valence-electron chi connectivity index (χ0n) is 16.8. The van der Waals surface area contributed by atoms with E-state index in [4.69, 9.17) is 0 Å². The summed E-state index contributed by atoms with van der Waals surface area (Å²) in [4.78, 5) is 6.98. The number of benzene rings is 1. The van der Waals surface area contributed by atoms with Crippen molar-refractivity contribution >= 4 is 0 Å². The molecule has 1 aliphatic rings. The lowest BCUT2D eigenvalue weighted by molar-refractivity contribution is 0.133. The average Bonchev–Trinajstić information content (AvgIpc) is 2.64. The molecule has 1 heterocycles. The maximum absolute atomic E-state index is 9.32. The van der Waals surface area contributed by atoms with E-state index in [9.17, 15) is 5.26 Å². The molecule has 4 nitrogen and oxygen atoms in total. The van der Waals surface area contributed by atoms with Crippen LogP contribution < -0.4 is 0 Å². The Morgan fingerprint density at radius 3 is 2.35 bits per heavy atom. The second-order valence-electron chi connectivity index (χ2n) is 7.29. The molecule has 0 amide bonds.